The van der Waals surface area contributed by atoms with Gasteiger partial charge >= 0.3 is 6.11 Å². The topological polar surface area (TPSA) is 55.5 Å². The van der Waals surface area contributed by atoms with Gasteiger partial charge in [-0.25, -0.2) is 14.4 Å². The van der Waals surface area contributed by atoms with E-state index in [4.69, 9.17) is 9.73 Å². The maximum absolute atomic E-state index is 14.2. The summed E-state index contributed by atoms with van der Waals surface area (Å²) in [5.74, 6) is 0.929. The van der Waals surface area contributed by atoms with Crippen molar-refractivity contribution < 1.29 is 22.6 Å². The molecule has 0 aliphatic carbocycles. The molecule has 5 nitrogen and oxygen atoms in total. The number of allylic oxidation sites excluding steroid dienone is 4. The molecule has 1 unspecified atom stereocenters. The number of rotatable bonds is 6. The predicted molar refractivity (Wildman–Crippen MR) is 144 cm³/mol. The molecule has 8 heteroatoms. The highest BCUT2D eigenvalue weighted by molar-refractivity contribution is 6.43. The van der Waals surface area contributed by atoms with Gasteiger partial charge in [-0.05, 0) is 61.2 Å². The monoisotopic (exact) mass is 519 g/mol. The van der Waals surface area contributed by atoms with Crippen molar-refractivity contribution in [2.75, 3.05) is 6.61 Å². The molecule has 0 N–H and O–H groups in total. The second-order valence-corrected chi connectivity index (χ2v) is 9.55. The average molecular weight is 520 g/mol. The molecule has 5 rings (SSSR count). The van der Waals surface area contributed by atoms with E-state index in [9.17, 15) is 13.2 Å². The van der Waals surface area contributed by atoms with Gasteiger partial charge in [0.2, 0.25) is 0 Å². The number of benzene rings is 2. The van der Waals surface area contributed by atoms with E-state index in [0.717, 1.165) is 41.7 Å². The van der Waals surface area contributed by atoms with Crippen LogP contribution in [0.1, 0.15) is 50.7 Å². The van der Waals surface area contributed by atoms with Crippen LogP contribution in [0.15, 0.2) is 92.7 Å². The lowest BCUT2D eigenvalue weighted by Crippen LogP contribution is -2.18. The van der Waals surface area contributed by atoms with E-state index < -0.39 is 6.11 Å². The summed E-state index contributed by atoms with van der Waals surface area (Å²) >= 11 is 0. The molecule has 38 heavy (non-hydrogen) atoms. The van der Waals surface area contributed by atoms with Gasteiger partial charge in [0.25, 0.3) is 0 Å². The molecule has 0 radical (unpaired) electrons. The molecule has 196 valence electrons. The highest BCUT2D eigenvalue weighted by Crippen LogP contribution is 2.31. The van der Waals surface area contributed by atoms with Crippen molar-refractivity contribution in [1.29, 1.82) is 0 Å². The quantitative estimate of drug-likeness (QED) is 0.402. The zero-order valence-electron chi connectivity index (χ0n) is 21.3. The SMILES string of the molecule is CC1=C(c2ccc(OC(C)(F)F)cc2)C=C(CC2CCC=C3N=C(c4ccccc4F)N=C3C=N2)OCC1. The fraction of sp³-hybridized carbons (Fsp3) is 0.300. The Morgan fingerprint density at radius 2 is 1.87 bits per heavy atom. The van der Waals surface area contributed by atoms with Crippen LogP contribution in [0.3, 0.4) is 0 Å². The van der Waals surface area contributed by atoms with Crippen molar-refractivity contribution in [3.8, 4) is 5.75 Å². The van der Waals surface area contributed by atoms with Gasteiger partial charge in [0.15, 0.2) is 5.84 Å². The molecule has 0 fully saturated rings. The molecule has 0 bridgehead atoms. The molecule has 1 atom stereocenters. The van der Waals surface area contributed by atoms with Crippen LogP contribution < -0.4 is 4.74 Å². The summed E-state index contributed by atoms with van der Waals surface area (Å²) in [6, 6.07) is 13.1. The Kier molecular flexibility index (Phi) is 7.31. The maximum Gasteiger partial charge on any atom is 0.394 e. The number of fused-ring (bicyclic) bond motifs is 1. The largest absolute Gasteiger partial charge is 0.498 e. The number of aliphatic imine (C=N–C) groups is 3. The van der Waals surface area contributed by atoms with Crippen LogP contribution in [-0.4, -0.2) is 36.5 Å². The third-order valence-electron chi connectivity index (χ3n) is 6.50. The van der Waals surface area contributed by atoms with Crippen LogP contribution in [0.25, 0.3) is 5.57 Å². The summed E-state index contributed by atoms with van der Waals surface area (Å²) in [6.07, 6.45) is 5.44. The molecular formula is C30H28F3N3O2. The van der Waals surface area contributed by atoms with E-state index in [-0.39, 0.29) is 17.6 Å². The average Bonchev–Trinajstić information content (AvgIpc) is 3.15. The van der Waals surface area contributed by atoms with E-state index in [1.807, 2.05) is 12.2 Å². The first-order valence-corrected chi connectivity index (χ1v) is 12.6. The van der Waals surface area contributed by atoms with Crippen molar-refractivity contribution in [2.24, 2.45) is 15.0 Å². The Morgan fingerprint density at radius 3 is 2.63 bits per heavy atom. The normalized spacial score (nSPS) is 19.8. The van der Waals surface area contributed by atoms with Crippen molar-refractivity contribution in [3.63, 3.8) is 0 Å². The molecule has 3 aliphatic heterocycles. The standard InChI is InChI=1S/C30H28F3N3O2/c1-19-14-15-37-23(17-25(19)20-10-12-22(13-11-20)38-30(2,32)33)16-21-6-5-9-27-28(18-34-21)36-29(35-27)24-7-3-4-8-26(24)31/h3-4,7-13,17-18,21H,5-6,14-16H2,1-2H3. The molecule has 2 aromatic carbocycles. The number of alkyl halides is 2. The van der Waals surface area contributed by atoms with Crippen LogP contribution >= 0.6 is 0 Å². The van der Waals surface area contributed by atoms with E-state index in [2.05, 4.69) is 21.6 Å². The van der Waals surface area contributed by atoms with Gasteiger partial charge in [-0.15, -0.1) is 0 Å². The van der Waals surface area contributed by atoms with E-state index in [1.165, 1.54) is 6.07 Å². The number of nitrogens with zero attached hydrogens (tertiary/aromatic N) is 3. The fourth-order valence-electron chi connectivity index (χ4n) is 4.58. The Balaban J connectivity index is 1.32. The highest BCUT2D eigenvalue weighted by Gasteiger charge is 2.24. The Hall–Kier alpha value is -3.94. The second kappa shape index (κ2) is 10.8. The molecule has 3 heterocycles. The van der Waals surface area contributed by atoms with Gasteiger partial charge in [0.1, 0.15) is 17.3 Å². The zero-order valence-corrected chi connectivity index (χ0v) is 21.3. The van der Waals surface area contributed by atoms with Crippen molar-refractivity contribution in [2.45, 2.75) is 51.7 Å². The van der Waals surface area contributed by atoms with Crippen LogP contribution in [0.2, 0.25) is 0 Å². The Bertz CT molecular complexity index is 1400. The zero-order chi connectivity index (χ0) is 26.7. The first-order valence-electron chi connectivity index (χ1n) is 12.6. The van der Waals surface area contributed by atoms with Crippen molar-refractivity contribution >= 4 is 23.3 Å². The van der Waals surface area contributed by atoms with Crippen LogP contribution in [0.5, 0.6) is 5.75 Å². The molecule has 0 amide bonds. The smallest absolute Gasteiger partial charge is 0.394 e. The predicted octanol–water partition coefficient (Wildman–Crippen LogP) is 7.30. The molecule has 3 aliphatic rings. The van der Waals surface area contributed by atoms with Crippen molar-refractivity contribution in [3.05, 3.63) is 94.7 Å². The highest BCUT2D eigenvalue weighted by atomic mass is 19.3. The van der Waals surface area contributed by atoms with E-state index in [0.29, 0.717) is 42.8 Å². The van der Waals surface area contributed by atoms with Gasteiger partial charge in [-0.2, -0.15) is 8.78 Å². The van der Waals surface area contributed by atoms with Crippen LogP contribution in [0, 0.1) is 5.82 Å². The minimum atomic E-state index is -3.23. The van der Waals surface area contributed by atoms with Gasteiger partial charge in [0, 0.05) is 26.0 Å². The van der Waals surface area contributed by atoms with Gasteiger partial charge < -0.3 is 9.47 Å². The molecule has 0 spiro atoms. The second-order valence-electron chi connectivity index (χ2n) is 9.55. The lowest BCUT2D eigenvalue weighted by Gasteiger charge is -2.16. The summed E-state index contributed by atoms with van der Waals surface area (Å²) in [5, 5.41) is 0. The number of hydrogen-bond donors (Lipinski definition) is 0. The summed E-state index contributed by atoms with van der Waals surface area (Å²) in [7, 11) is 0. The van der Waals surface area contributed by atoms with E-state index >= 15 is 0 Å². The Morgan fingerprint density at radius 1 is 1.08 bits per heavy atom. The number of amidine groups is 1. The van der Waals surface area contributed by atoms with Gasteiger partial charge in [-0.3, -0.25) is 4.99 Å². The number of ether oxygens (including phenoxy) is 2. The minimum Gasteiger partial charge on any atom is -0.498 e. The minimum absolute atomic E-state index is 0.0264. The van der Waals surface area contributed by atoms with Gasteiger partial charge in [-0.1, -0.05) is 35.9 Å². The maximum atomic E-state index is 14.2. The van der Waals surface area contributed by atoms with Gasteiger partial charge in [0.05, 0.1) is 29.7 Å². The summed E-state index contributed by atoms with van der Waals surface area (Å²) < 4.78 is 51.4. The molecule has 0 saturated carbocycles. The van der Waals surface area contributed by atoms with Crippen LogP contribution in [0.4, 0.5) is 13.2 Å². The van der Waals surface area contributed by atoms with Crippen molar-refractivity contribution in [1.82, 2.24) is 0 Å². The third-order valence-corrected chi connectivity index (χ3v) is 6.50. The first kappa shape index (κ1) is 25.7. The van der Waals surface area contributed by atoms with Crippen LogP contribution in [-0.2, 0) is 4.74 Å². The third kappa shape index (κ3) is 6.13. The lowest BCUT2D eigenvalue weighted by molar-refractivity contribution is -0.158. The Labute approximate surface area is 219 Å². The molecule has 0 aromatic heterocycles. The summed E-state index contributed by atoms with van der Waals surface area (Å²) in [4.78, 5) is 13.8. The lowest BCUT2D eigenvalue weighted by atomic mass is 9.97. The molecule has 2 aromatic rings. The van der Waals surface area contributed by atoms with E-state index in [1.54, 1.807) is 48.7 Å². The number of halogens is 3. The summed E-state index contributed by atoms with van der Waals surface area (Å²) in [6.45, 7) is 3.32. The number of hydrogen-bond acceptors (Lipinski definition) is 5. The first-order chi connectivity index (χ1) is 18.2. The fourth-order valence-corrected chi connectivity index (χ4v) is 4.58. The molecule has 0 saturated heterocycles. The summed E-state index contributed by atoms with van der Waals surface area (Å²) in [5.41, 5.74) is 4.77. The molecular weight excluding hydrogens is 491 g/mol.